The molecule has 0 saturated carbocycles. The lowest BCUT2D eigenvalue weighted by Gasteiger charge is -2.14. The van der Waals surface area contributed by atoms with Crippen molar-refractivity contribution in [3.05, 3.63) is 29.0 Å². The molecule has 0 heterocycles. The molecule has 0 aliphatic heterocycles. The van der Waals surface area contributed by atoms with E-state index in [0.29, 0.717) is 0 Å². The van der Waals surface area contributed by atoms with Gasteiger partial charge in [0.15, 0.2) is 0 Å². The van der Waals surface area contributed by atoms with Gasteiger partial charge >= 0.3 is 0 Å². The maximum absolute atomic E-state index is 12.9. The SMILES string of the molecule is CC(C(N)=S)S(=O)(=O)Nc1cc(F)ccc1Cl. The zero-order valence-corrected chi connectivity index (χ0v) is 11.2. The van der Waals surface area contributed by atoms with Gasteiger partial charge in [-0.25, -0.2) is 12.8 Å². The van der Waals surface area contributed by atoms with Gasteiger partial charge < -0.3 is 5.73 Å². The summed E-state index contributed by atoms with van der Waals surface area (Å²) in [6.07, 6.45) is 0. The molecule has 0 aromatic heterocycles. The molecule has 1 rings (SSSR count). The lowest BCUT2D eigenvalue weighted by atomic mass is 10.3. The average Bonchev–Trinajstić information content (AvgIpc) is 2.21. The summed E-state index contributed by atoms with van der Waals surface area (Å²) in [5.41, 5.74) is 5.20. The Balaban J connectivity index is 3.06. The highest BCUT2D eigenvalue weighted by atomic mass is 35.5. The first-order chi connectivity index (χ1) is 7.74. The van der Waals surface area contributed by atoms with Crippen LogP contribution in [-0.4, -0.2) is 18.7 Å². The standard InChI is InChI=1S/C9H10ClFN2O2S2/c1-5(9(12)16)17(14,15)13-8-4-6(11)2-3-7(8)10/h2-5,13H,1H3,(H2,12,16). The summed E-state index contributed by atoms with van der Waals surface area (Å²) in [6, 6.07) is 3.35. The van der Waals surface area contributed by atoms with Gasteiger partial charge in [0, 0.05) is 0 Å². The van der Waals surface area contributed by atoms with Crippen LogP contribution in [0, 0.1) is 5.82 Å². The van der Waals surface area contributed by atoms with E-state index in [9.17, 15) is 12.8 Å². The van der Waals surface area contributed by atoms with Gasteiger partial charge in [-0.3, -0.25) is 4.72 Å². The van der Waals surface area contributed by atoms with E-state index in [4.69, 9.17) is 17.3 Å². The Hall–Kier alpha value is -0.920. The molecule has 4 nitrogen and oxygen atoms in total. The Labute approximate surface area is 109 Å². The minimum absolute atomic E-state index is 0.0465. The van der Waals surface area contributed by atoms with Crippen LogP contribution in [0.15, 0.2) is 18.2 Å². The van der Waals surface area contributed by atoms with Gasteiger partial charge in [-0.2, -0.15) is 0 Å². The zero-order chi connectivity index (χ0) is 13.2. The fourth-order valence-electron chi connectivity index (χ4n) is 0.970. The Kier molecular flexibility index (Phi) is 4.29. The Bertz CT molecular complexity index is 548. The molecule has 0 spiro atoms. The smallest absolute Gasteiger partial charge is 0.241 e. The predicted molar refractivity (Wildman–Crippen MR) is 70.2 cm³/mol. The molecule has 1 aromatic carbocycles. The van der Waals surface area contributed by atoms with Crippen LogP contribution in [0.4, 0.5) is 10.1 Å². The lowest BCUT2D eigenvalue weighted by molar-refractivity contribution is 0.598. The number of anilines is 1. The highest BCUT2D eigenvalue weighted by molar-refractivity contribution is 7.95. The normalized spacial score (nSPS) is 13.1. The van der Waals surface area contributed by atoms with Crippen LogP contribution < -0.4 is 10.5 Å². The summed E-state index contributed by atoms with van der Waals surface area (Å²) in [5, 5.41) is -0.984. The van der Waals surface area contributed by atoms with Crippen LogP contribution in [0.5, 0.6) is 0 Å². The van der Waals surface area contributed by atoms with Crippen molar-refractivity contribution in [2.75, 3.05) is 4.72 Å². The number of hydrogen-bond acceptors (Lipinski definition) is 3. The lowest BCUT2D eigenvalue weighted by Crippen LogP contribution is -2.35. The van der Waals surface area contributed by atoms with Crippen LogP contribution in [0.2, 0.25) is 5.02 Å². The molecule has 0 radical (unpaired) electrons. The van der Waals surface area contributed by atoms with Crippen molar-refractivity contribution < 1.29 is 12.8 Å². The minimum Gasteiger partial charge on any atom is -0.392 e. The van der Waals surface area contributed by atoms with E-state index >= 15 is 0 Å². The number of hydrogen-bond donors (Lipinski definition) is 2. The molecule has 0 fully saturated rings. The molecular formula is C9H10ClFN2O2S2. The second-order valence-corrected chi connectivity index (χ2v) is 6.20. The van der Waals surface area contributed by atoms with E-state index in [0.717, 1.165) is 12.1 Å². The molecule has 1 atom stereocenters. The van der Waals surface area contributed by atoms with Gasteiger partial charge in [-0.05, 0) is 25.1 Å². The highest BCUT2D eigenvalue weighted by Gasteiger charge is 2.24. The Morgan fingerprint density at radius 3 is 2.71 bits per heavy atom. The second-order valence-electron chi connectivity index (χ2n) is 3.32. The molecule has 3 N–H and O–H groups in total. The van der Waals surface area contributed by atoms with Crippen molar-refractivity contribution in [1.82, 2.24) is 0 Å². The monoisotopic (exact) mass is 296 g/mol. The van der Waals surface area contributed by atoms with Crippen LogP contribution in [0.1, 0.15) is 6.92 Å². The van der Waals surface area contributed by atoms with E-state index < -0.39 is 21.1 Å². The van der Waals surface area contributed by atoms with Crippen molar-refractivity contribution in [2.24, 2.45) is 5.73 Å². The third-order valence-corrected chi connectivity index (χ3v) is 4.57. The molecule has 0 bridgehead atoms. The summed E-state index contributed by atoms with van der Waals surface area (Å²) in [4.78, 5) is -0.176. The fourth-order valence-corrected chi connectivity index (χ4v) is 2.53. The number of sulfonamides is 1. The molecule has 0 saturated heterocycles. The maximum atomic E-state index is 12.9. The Morgan fingerprint density at radius 2 is 2.18 bits per heavy atom. The summed E-state index contributed by atoms with van der Waals surface area (Å²) in [5.74, 6) is -0.602. The topological polar surface area (TPSA) is 72.2 Å². The molecule has 1 unspecified atom stereocenters. The van der Waals surface area contributed by atoms with Crippen molar-refractivity contribution in [2.45, 2.75) is 12.2 Å². The van der Waals surface area contributed by atoms with Gasteiger partial charge in [0.25, 0.3) is 0 Å². The van der Waals surface area contributed by atoms with E-state index in [1.165, 1.54) is 13.0 Å². The van der Waals surface area contributed by atoms with E-state index in [2.05, 4.69) is 16.9 Å². The fraction of sp³-hybridized carbons (Fsp3) is 0.222. The van der Waals surface area contributed by atoms with E-state index in [1.807, 2.05) is 0 Å². The second kappa shape index (κ2) is 5.16. The molecular weight excluding hydrogens is 287 g/mol. The van der Waals surface area contributed by atoms with Crippen LogP contribution in [0.3, 0.4) is 0 Å². The van der Waals surface area contributed by atoms with Gasteiger partial charge in [-0.1, -0.05) is 23.8 Å². The molecule has 0 aliphatic rings. The van der Waals surface area contributed by atoms with Crippen molar-refractivity contribution >= 4 is 44.5 Å². The number of nitrogens with two attached hydrogens (primary N) is 1. The van der Waals surface area contributed by atoms with Crippen molar-refractivity contribution in [1.29, 1.82) is 0 Å². The summed E-state index contributed by atoms with van der Waals surface area (Å²) < 4.78 is 38.6. The van der Waals surface area contributed by atoms with Crippen LogP contribution >= 0.6 is 23.8 Å². The largest absolute Gasteiger partial charge is 0.392 e. The van der Waals surface area contributed by atoms with E-state index in [-0.39, 0.29) is 15.7 Å². The third-order valence-electron chi connectivity index (χ3n) is 2.05. The highest BCUT2D eigenvalue weighted by Crippen LogP contribution is 2.24. The Morgan fingerprint density at radius 1 is 1.59 bits per heavy atom. The zero-order valence-electron chi connectivity index (χ0n) is 8.78. The van der Waals surface area contributed by atoms with Gasteiger partial charge in [0.05, 0.1) is 15.7 Å². The number of thiocarbonyl (C=S) groups is 1. The first kappa shape index (κ1) is 14.1. The van der Waals surface area contributed by atoms with Crippen LogP contribution in [0.25, 0.3) is 0 Å². The quantitative estimate of drug-likeness (QED) is 0.832. The third kappa shape index (κ3) is 3.52. The van der Waals surface area contributed by atoms with Crippen molar-refractivity contribution in [3.63, 3.8) is 0 Å². The first-order valence-electron chi connectivity index (χ1n) is 4.50. The minimum atomic E-state index is -3.82. The van der Waals surface area contributed by atoms with Gasteiger partial charge in [-0.15, -0.1) is 0 Å². The van der Waals surface area contributed by atoms with Crippen LogP contribution in [-0.2, 0) is 10.0 Å². The molecule has 1 aromatic rings. The number of halogens is 2. The average molecular weight is 297 g/mol. The molecule has 94 valence electrons. The summed E-state index contributed by atoms with van der Waals surface area (Å²) in [6.45, 7) is 1.33. The number of nitrogens with one attached hydrogen (secondary N) is 1. The predicted octanol–water partition coefficient (Wildman–Crippen LogP) is 1.90. The summed E-state index contributed by atoms with van der Waals surface area (Å²) in [7, 11) is -3.82. The molecule has 17 heavy (non-hydrogen) atoms. The molecule has 0 amide bonds. The summed E-state index contributed by atoms with van der Waals surface area (Å²) >= 11 is 10.3. The molecule has 0 aliphatic carbocycles. The number of rotatable bonds is 4. The van der Waals surface area contributed by atoms with Gasteiger partial charge in [0.2, 0.25) is 10.0 Å². The number of benzene rings is 1. The van der Waals surface area contributed by atoms with E-state index in [1.54, 1.807) is 0 Å². The first-order valence-corrected chi connectivity index (χ1v) is 6.83. The van der Waals surface area contributed by atoms with Gasteiger partial charge in [0.1, 0.15) is 11.1 Å². The molecule has 8 heteroatoms. The maximum Gasteiger partial charge on any atom is 0.241 e. The van der Waals surface area contributed by atoms with Crippen molar-refractivity contribution in [3.8, 4) is 0 Å².